The van der Waals surface area contributed by atoms with Crippen LogP contribution in [0, 0.1) is 5.82 Å². The molecule has 1 unspecified atom stereocenters. The average molecular weight is 305 g/mol. The highest BCUT2D eigenvalue weighted by Crippen LogP contribution is 2.23. The van der Waals surface area contributed by atoms with E-state index in [0.29, 0.717) is 18.8 Å². The highest BCUT2D eigenvalue weighted by Gasteiger charge is 2.25. The van der Waals surface area contributed by atoms with Gasteiger partial charge in [0.2, 0.25) is 11.8 Å². The van der Waals surface area contributed by atoms with E-state index in [1.807, 2.05) is 4.90 Å². The molecule has 1 heterocycles. The number of nitrogens with zero attached hydrogens (tertiary/aromatic N) is 2. The first kappa shape index (κ1) is 16.0. The van der Waals surface area contributed by atoms with Gasteiger partial charge >= 0.3 is 0 Å². The lowest BCUT2D eigenvalue weighted by Crippen LogP contribution is -2.43. The molecule has 0 spiro atoms. The first-order valence-electron chi connectivity index (χ1n) is 7.17. The second kappa shape index (κ2) is 7.06. The summed E-state index contributed by atoms with van der Waals surface area (Å²) in [6.07, 6.45) is 1.92. The van der Waals surface area contributed by atoms with Gasteiger partial charge in [-0.25, -0.2) is 4.39 Å². The van der Waals surface area contributed by atoms with Crippen LogP contribution in [0.2, 0.25) is 0 Å². The Kier molecular flexibility index (Phi) is 5.14. The Bertz CT molecular complexity index is 576. The summed E-state index contributed by atoms with van der Waals surface area (Å²) in [5, 5.41) is 2.88. The highest BCUT2D eigenvalue weighted by molar-refractivity contribution is 5.90. The first-order chi connectivity index (χ1) is 10.5. The second-order valence-electron chi connectivity index (χ2n) is 5.35. The molecule has 1 atom stereocenters. The van der Waals surface area contributed by atoms with E-state index >= 15 is 0 Å². The Morgan fingerprint density at radius 3 is 2.91 bits per heavy atom. The minimum Gasteiger partial charge on any atom is -0.367 e. The molecule has 6 heteroatoms. The Morgan fingerprint density at radius 1 is 1.50 bits per heavy atom. The van der Waals surface area contributed by atoms with Crippen molar-refractivity contribution in [3.63, 3.8) is 0 Å². The zero-order valence-electron chi connectivity index (χ0n) is 12.6. The van der Waals surface area contributed by atoms with E-state index in [1.54, 1.807) is 25.2 Å². The van der Waals surface area contributed by atoms with E-state index in [9.17, 15) is 14.0 Å². The summed E-state index contributed by atoms with van der Waals surface area (Å²) in [6, 6.07) is 6.56. The molecule has 1 fully saturated rings. The number of hydrogen-bond donors (Lipinski definition) is 1. The van der Waals surface area contributed by atoms with Gasteiger partial charge in [0, 0.05) is 26.2 Å². The molecule has 0 aromatic heterocycles. The molecule has 0 aliphatic carbocycles. The fourth-order valence-electron chi connectivity index (χ4n) is 2.53. The van der Waals surface area contributed by atoms with Crippen LogP contribution in [0.15, 0.2) is 36.9 Å². The molecule has 2 amide bonds. The minimum absolute atomic E-state index is 0.0128. The second-order valence-corrected chi connectivity index (χ2v) is 5.35. The number of carbonyl (C=O) groups is 2. The molecule has 1 aromatic carbocycles. The lowest BCUT2D eigenvalue weighted by molar-refractivity contribution is -0.131. The monoisotopic (exact) mass is 305 g/mol. The van der Waals surface area contributed by atoms with Crippen molar-refractivity contribution in [3.05, 3.63) is 42.7 Å². The van der Waals surface area contributed by atoms with Crippen LogP contribution in [0.4, 0.5) is 10.1 Å². The summed E-state index contributed by atoms with van der Waals surface area (Å²) in [6.45, 7) is 4.62. The highest BCUT2D eigenvalue weighted by atomic mass is 19.1. The summed E-state index contributed by atoms with van der Waals surface area (Å²) in [5.41, 5.74) is 0.554. The quantitative estimate of drug-likeness (QED) is 0.831. The van der Waals surface area contributed by atoms with E-state index in [1.165, 1.54) is 17.0 Å². The van der Waals surface area contributed by atoms with Crippen molar-refractivity contribution in [1.29, 1.82) is 0 Å². The summed E-state index contributed by atoms with van der Waals surface area (Å²) >= 11 is 0. The van der Waals surface area contributed by atoms with Gasteiger partial charge in [0.1, 0.15) is 5.82 Å². The van der Waals surface area contributed by atoms with E-state index in [4.69, 9.17) is 0 Å². The lowest BCUT2D eigenvalue weighted by atomic mass is 10.2. The van der Waals surface area contributed by atoms with Crippen LogP contribution in [0.1, 0.15) is 6.42 Å². The number of nitrogens with one attached hydrogen (secondary N) is 1. The van der Waals surface area contributed by atoms with Crippen molar-refractivity contribution in [2.45, 2.75) is 12.5 Å². The smallest absolute Gasteiger partial charge is 0.246 e. The number of para-hydroxylation sites is 1. The Balaban J connectivity index is 1.86. The van der Waals surface area contributed by atoms with E-state index in [2.05, 4.69) is 11.9 Å². The zero-order chi connectivity index (χ0) is 16.1. The Morgan fingerprint density at radius 2 is 2.23 bits per heavy atom. The van der Waals surface area contributed by atoms with Crippen LogP contribution in [-0.2, 0) is 9.59 Å². The molecule has 1 aliphatic rings. The van der Waals surface area contributed by atoms with E-state index < -0.39 is 0 Å². The van der Waals surface area contributed by atoms with Crippen LogP contribution < -0.4 is 10.2 Å². The van der Waals surface area contributed by atoms with Crippen molar-refractivity contribution in [3.8, 4) is 0 Å². The van der Waals surface area contributed by atoms with Crippen LogP contribution >= 0.6 is 0 Å². The predicted octanol–water partition coefficient (Wildman–Crippen LogP) is 1.16. The normalized spacial score (nSPS) is 17.2. The van der Waals surface area contributed by atoms with E-state index in [0.717, 1.165) is 6.42 Å². The molecule has 0 bridgehead atoms. The van der Waals surface area contributed by atoms with Gasteiger partial charge < -0.3 is 15.1 Å². The average Bonchev–Trinajstić information content (AvgIpc) is 2.94. The summed E-state index contributed by atoms with van der Waals surface area (Å²) in [5.74, 6) is -0.779. The van der Waals surface area contributed by atoms with Crippen LogP contribution in [0.5, 0.6) is 0 Å². The molecule has 1 N–H and O–H groups in total. The SMILES string of the molecule is C=CC(=O)N(C)CC(=O)NC1CCN(c2ccccc2F)C1. The number of amides is 2. The number of likely N-dealkylation sites (N-methyl/N-ethyl adjacent to an activating group) is 1. The molecular weight excluding hydrogens is 285 g/mol. The number of anilines is 1. The van der Waals surface area contributed by atoms with Crippen molar-refractivity contribution in [1.82, 2.24) is 10.2 Å². The maximum atomic E-state index is 13.7. The molecular formula is C16H20FN3O2. The summed E-state index contributed by atoms with van der Waals surface area (Å²) in [4.78, 5) is 26.5. The van der Waals surface area contributed by atoms with Crippen LogP contribution in [-0.4, -0.2) is 49.4 Å². The number of carbonyl (C=O) groups excluding carboxylic acids is 2. The van der Waals surface area contributed by atoms with Crippen LogP contribution in [0.3, 0.4) is 0 Å². The van der Waals surface area contributed by atoms with Crippen molar-refractivity contribution < 1.29 is 14.0 Å². The number of halogens is 1. The van der Waals surface area contributed by atoms with Gasteiger partial charge in [-0.3, -0.25) is 9.59 Å². The predicted molar refractivity (Wildman–Crippen MR) is 83.0 cm³/mol. The molecule has 0 saturated carbocycles. The summed E-state index contributed by atoms with van der Waals surface area (Å²) < 4.78 is 13.7. The van der Waals surface area contributed by atoms with Gasteiger partial charge in [0.25, 0.3) is 0 Å². The fourth-order valence-corrected chi connectivity index (χ4v) is 2.53. The zero-order valence-corrected chi connectivity index (χ0v) is 12.6. The van der Waals surface area contributed by atoms with E-state index in [-0.39, 0.29) is 30.2 Å². The van der Waals surface area contributed by atoms with Gasteiger partial charge in [-0.1, -0.05) is 18.7 Å². The third-order valence-electron chi connectivity index (χ3n) is 3.68. The largest absolute Gasteiger partial charge is 0.367 e. The van der Waals surface area contributed by atoms with Gasteiger partial charge in [-0.2, -0.15) is 0 Å². The Hall–Kier alpha value is -2.37. The maximum absolute atomic E-state index is 13.7. The fraction of sp³-hybridized carbons (Fsp3) is 0.375. The van der Waals surface area contributed by atoms with Crippen LogP contribution in [0.25, 0.3) is 0 Å². The third kappa shape index (κ3) is 3.84. The molecule has 5 nitrogen and oxygen atoms in total. The molecule has 1 saturated heterocycles. The molecule has 1 aromatic rings. The van der Waals surface area contributed by atoms with Gasteiger partial charge in [-0.15, -0.1) is 0 Å². The topological polar surface area (TPSA) is 52.7 Å². The summed E-state index contributed by atoms with van der Waals surface area (Å²) in [7, 11) is 1.55. The van der Waals surface area contributed by atoms with Crippen molar-refractivity contribution in [2.24, 2.45) is 0 Å². The number of rotatable bonds is 5. The molecule has 2 rings (SSSR count). The first-order valence-corrected chi connectivity index (χ1v) is 7.17. The lowest BCUT2D eigenvalue weighted by Gasteiger charge is -2.20. The molecule has 22 heavy (non-hydrogen) atoms. The Labute approximate surface area is 129 Å². The maximum Gasteiger partial charge on any atom is 0.246 e. The van der Waals surface area contributed by atoms with Crippen molar-refractivity contribution >= 4 is 17.5 Å². The standard InChI is InChI=1S/C16H20FN3O2/c1-3-16(22)19(2)11-15(21)18-12-8-9-20(10-12)14-7-5-4-6-13(14)17/h3-7,12H,1,8-11H2,2H3,(H,18,21). The van der Waals surface area contributed by atoms with Gasteiger partial charge in [0.05, 0.1) is 12.2 Å². The molecule has 1 aliphatic heterocycles. The minimum atomic E-state index is -0.297. The van der Waals surface area contributed by atoms with Gasteiger partial charge in [-0.05, 0) is 24.6 Å². The molecule has 118 valence electrons. The number of benzene rings is 1. The third-order valence-corrected chi connectivity index (χ3v) is 3.68. The van der Waals surface area contributed by atoms with Gasteiger partial charge in [0.15, 0.2) is 0 Å². The number of hydrogen-bond acceptors (Lipinski definition) is 3. The van der Waals surface area contributed by atoms with Crippen molar-refractivity contribution in [2.75, 3.05) is 31.6 Å². The molecule has 0 radical (unpaired) electrons.